The molecule has 0 amide bonds. The summed E-state index contributed by atoms with van der Waals surface area (Å²) in [5, 5.41) is 26.3. The quantitative estimate of drug-likeness (QED) is 0.306. The number of hydrogen-bond donors (Lipinski definition) is 3. The monoisotopic (exact) mass is 586 g/mol. The van der Waals surface area contributed by atoms with Crippen LogP contribution < -0.4 is 5.73 Å². The minimum Gasteiger partial charge on any atom is -0.461 e. The molecule has 1 saturated heterocycles. The van der Waals surface area contributed by atoms with Crippen molar-refractivity contribution in [2.45, 2.75) is 74.3 Å². The Hall–Kier alpha value is -1.79. The van der Waals surface area contributed by atoms with E-state index in [0.717, 1.165) is 19.3 Å². The van der Waals surface area contributed by atoms with Crippen LogP contribution in [-0.4, -0.2) is 111 Å². The number of esters is 1. The normalized spacial score (nSPS) is 50.1. The highest BCUT2D eigenvalue weighted by molar-refractivity contribution is 5.95. The molecule has 10 heteroatoms. The van der Waals surface area contributed by atoms with E-state index in [-0.39, 0.29) is 48.6 Å². The third-order valence-corrected chi connectivity index (χ3v) is 13.0. The van der Waals surface area contributed by atoms with E-state index in [1.54, 1.807) is 52.7 Å². The second kappa shape index (κ2) is 9.60. The van der Waals surface area contributed by atoms with Crippen molar-refractivity contribution in [1.29, 1.82) is 0 Å². The van der Waals surface area contributed by atoms with Gasteiger partial charge in [0.05, 0.1) is 42.6 Å². The van der Waals surface area contributed by atoms with Crippen LogP contribution in [0.4, 0.5) is 5.69 Å². The lowest BCUT2D eigenvalue weighted by Crippen LogP contribution is -2.82. The fraction of sp³-hybridized carbons (Fsp3) is 0.781. The van der Waals surface area contributed by atoms with Crippen LogP contribution in [0.5, 0.6) is 0 Å². The number of hydrogen-bond acceptors (Lipinski definition) is 10. The number of para-hydroxylation sites is 1. The van der Waals surface area contributed by atoms with E-state index in [0.29, 0.717) is 30.8 Å². The van der Waals surface area contributed by atoms with Gasteiger partial charge in [-0.1, -0.05) is 19.1 Å². The van der Waals surface area contributed by atoms with Gasteiger partial charge in [0, 0.05) is 75.7 Å². The lowest BCUT2D eigenvalue weighted by atomic mass is 9.42. The molecule has 6 fully saturated rings. The van der Waals surface area contributed by atoms with E-state index in [1.165, 1.54) is 0 Å². The summed E-state index contributed by atoms with van der Waals surface area (Å²) in [5.41, 5.74) is 2.65. The van der Waals surface area contributed by atoms with Gasteiger partial charge in [-0.15, -0.1) is 0 Å². The van der Waals surface area contributed by atoms with Gasteiger partial charge >= 0.3 is 5.97 Å². The minimum atomic E-state index is -1.62. The molecule has 1 aliphatic heterocycles. The van der Waals surface area contributed by atoms with Crippen molar-refractivity contribution in [1.82, 2.24) is 4.90 Å². The molecule has 5 saturated carbocycles. The Labute approximate surface area is 247 Å². The van der Waals surface area contributed by atoms with Crippen molar-refractivity contribution in [3.63, 3.8) is 0 Å². The Kier molecular flexibility index (Phi) is 6.62. The number of ether oxygens (including phenoxy) is 5. The maximum absolute atomic E-state index is 13.4. The zero-order valence-corrected chi connectivity index (χ0v) is 25.3. The molecule has 10 nitrogen and oxygen atoms in total. The van der Waals surface area contributed by atoms with Gasteiger partial charge in [-0.2, -0.15) is 0 Å². The molecule has 0 radical (unpaired) electrons. The second-order valence-corrected chi connectivity index (χ2v) is 13.8. The van der Waals surface area contributed by atoms with Gasteiger partial charge in [-0.05, 0) is 43.9 Å². The Morgan fingerprint density at radius 1 is 1.10 bits per heavy atom. The topological polar surface area (TPSA) is 133 Å². The summed E-state index contributed by atoms with van der Waals surface area (Å²) in [6.45, 7) is 3.54. The van der Waals surface area contributed by atoms with Crippen molar-refractivity contribution in [3.05, 3.63) is 29.8 Å². The van der Waals surface area contributed by atoms with E-state index in [4.69, 9.17) is 29.4 Å². The Morgan fingerprint density at radius 3 is 2.50 bits per heavy atom. The average molecular weight is 587 g/mol. The van der Waals surface area contributed by atoms with Gasteiger partial charge < -0.3 is 39.6 Å². The van der Waals surface area contributed by atoms with Crippen molar-refractivity contribution in [3.8, 4) is 0 Å². The molecule has 1 aromatic rings. The number of anilines is 1. The van der Waals surface area contributed by atoms with E-state index >= 15 is 0 Å². The number of piperidine rings is 1. The number of benzene rings is 1. The van der Waals surface area contributed by atoms with E-state index in [1.807, 2.05) is 0 Å². The maximum Gasteiger partial charge on any atom is 0.340 e. The molecule has 1 spiro atoms. The highest BCUT2D eigenvalue weighted by Gasteiger charge is 2.91. The van der Waals surface area contributed by atoms with E-state index in [9.17, 15) is 15.0 Å². The number of likely N-dealkylation sites (tertiary alicyclic amines) is 1. The lowest BCUT2D eigenvalue weighted by molar-refractivity contribution is -0.320. The first-order valence-electron chi connectivity index (χ1n) is 15.5. The molecule has 0 aromatic heterocycles. The Bertz CT molecular complexity index is 1250. The van der Waals surface area contributed by atoms with Gasteiger partial charge in [0.1, 0.15) is 11.2 Å². The molecular weight excluding hydrogens is 540 g/mol. The molecule has 6 aliphatic rings. The second-order valence-electron chi connectivity index (χ2n) is 13.8. The highest BCUT2D eigenvalue weighted by Crippen LogP contribution is 2.80. The number of methoxy groups -OCH3 is 4. The predicted octanol–water partition coefficient (Wildman–Crippen LogP) is 1.72. The smallest absolute Gasteiger partial charge is 0.340 e. The molecule has 5 aliphatic carbocycles. The number of likely N-dealkylation sites (N-methyl/N-ethyl adjacent to an activating group) is 1. The number of carbonyl (C=O) groups excluding carboxylic acids is 1. The van der Waals surface area contributed by atoms with Crippen molar-refractivity contribution < 1.29 is 38.7 Å². The summed E-state index contributed by atoms with van der Waals surface area (Å²) < 4.78 is 31.1. The average Bonchev–Trinajstić information content (AvgIpc) is 3.41. The van der Waals surface area contributed by atoms with Crippen LogP contribution in [0.2, 0.25) is 0 Å². The van der Waals surface area contributed by atoms with Gasteiger partial charge in [-0.3, -0.25) is 4.90 Å². The number of fused-ring (bicyclic) bond motifs is 2. The van der Waals surface area contributed by atoms with Crippen LogP contribution in [0.15, 0.2) is 24.3 Å². The van der Waals surface area contributed by atoms with Crippen LogP contribution in [-0.2, 0) is 23.7 Å². The van der Waals surface area contributed by atoms with Crippen molar-refractivity contribution >= 4 is 11.7 Å². The number of carbonyl (C=O) groups is 1. The first kappa shape index (κ1) is 29.0. The number of nitrogens with two attached hydrogens (primary N) is 1. The van der Waals surface area contributed by atoms with Crippen LogP contribution >= 0.6 is 0 Å². The zero-order valence-electron chi connectivity index (χ0n) is 25.3. The van der Waals surface area contributed by atoms with Gasteiger partial charge in [-0.25, -0.2) is 4.79 Å². The van der Waals surface area contributed by atoms with Gasteiger partial charge in [0.15, 0.2) is 0 Å². The first-order chi connectivity index (χ1) is 20.1. The van der Waals surface area contributed by atoms with Gasteiger partial charge in [0.25, 0.3) is 0 Å². The largest absolute Gasteiger partial charge is 0.461 e. The fourth-order valence-corrected chi connectivity index (χ4v) is 12.0. The van der Waals surface area contributed by atoms with Crippen molar-refractivity contribution in [2.24, 2.45) is 34.5 Å². The summed E-state index contributed by atoms with van der Waals surface area (Å²) in [7, 11) is 6.80. The molecular formula is C32H46N2O8. The minimum absolute atomic E-state index is 0.00697. The van der Waals surface area contributed by atoms with E-state index < -0.39 is 40.1 Å². The van der Waals surface area contributed by atoms with Crippen molar-refractivity contribution in [2.75, 3.05) is 53.9 Å². The SMILES string of the molecule is CCN1C[C@@]2(COC(=O)c3ccccc3N)CC[C@H](OC)[C@@]34[C@@H]5C[C@@H]6[C@H](OC)[C@@H]5[C@@](O)(C[C@H]6OC)[C@@](O)([C@@H](OC)[C@@H]23)[C@@H]14. The molecule has 0 unspecified atom stereocenters. The summed E-state index contributed by atoms with van der Waals surface area (Å²) in [5.74, 6) is -0.892. The van der Waals surface area contributed by atoms with Gasteiger partial charge in [0.2, 0.25) is 0 Å². The zero-order chi connectivity index (χ0) is 29.8. The lowest BCUT2D eigenvalue weighted by Gasteiger charge is -2.70. The van der Waals surface area contributed by atoms with Crippen LogP contribution in [0.1, 0.15) is 43.0 Å². The number of rotatable bonds is 8. The number of nitrogen functional groups attached to an aromatic ring is 1. The molecule has 1 aromatic carbocycles. The van der Waals surface area contributed by atoms with Crippen LogP contribution in [0.3, 0.4) is 0 Å². The number of aliphatic hydroxyl groups is 2. The number of nitrogens with zero attached hydrogens (tertiary/aromatic N) is 1. The Morgan fingerprint density at radius 2 is 1.86 bits per heavy atom. The molecule has 232 valence electrons. The third-order valence-electron chi connectivity index (χ3n) is 13.0. The highest BCUT2D eigenvalue weighted by atomic mass is 16.5. The fourth-order valence-electron chi connectivity index (χ4n) is 12.0. The first-order valence-corrected chi connectivity index (χ1v) is 15.5. The van der Waals surface area contributed by atoms with Crippen LogP contribution in [0.25, 0.3) is 0 Å². The molecule has 1 heterocycles. The molecule has 13 atom stereocenters. The standard InChI is InChI=1S/C32H46N2O8/c1-6-34-15-29(16-42-27(35)17-9-7-8-10-20(17)33)12-11-22(39-3)31-19-13-18-21(38-2)14-30(36,23(19)24(18)40-4)32(37,28(31)34)26(41-5)25(29)31/h7-10,18-19,21-26,28,36-37H,6,11-16,33H2,1-5H3/t18-,19+,21+,22-,23+,24-,25-,26-,28-,29+,30-,31-,32+/m0/s1. The molecule has 4 N–H and O–H groups in total. The molecule has 7 bridgehead atoms. The van der Waals surface area contributed by atoms with Crippen LogP contribution in [0, 0.1) is 34.5 Å². The third kappa shape index (κ3) is 3.12. The summed E-state index contributed by atoms with van der Waals surface area (Å²) in [4.78, 5) is 15.7. The summed E-state index contributed by atoms with van der Waals surface area (Å²) in [6.07, 6.45) is 1.22. The predicted molar refractivity (Wildman–Crippen MR) is 153 cm³/mol. The Balaban J connectivity index is 1.41. The maximum atomic E-state index is 13.4. The molecule has 7 rings (SSSR count). The summed E-state index contributed by atoms with van der Waals surface area (Å²) in [6, 6.07) is 6.55. The summed E-state index contributed by atoms with van der Waals surface area (Å²) >= 11 is 0. The molecule has 42 heavy (non-hydrogen) atoms. The van der Waals surface area contributed by atoms with E-state index in [2.05, 4.69) is 11.8 Å².